The van der Waals surface area contributed by atoms with Crippen LogP contribution in [0.1, 0.15) is 16.1 Å². The lowest BCUT2D eigenvalue weighted by atomic mass is 10.1. The molecule has 0 aliphatic carbocycles. The normalized spacial score (nSPS) is 14.8. The molecule has 33 heavy (non-hydrogen) atoms. The van der Waals surface area contributed by atoms with Crippen LogP contribution in [0.2, 0.25) is 10.0 Å². The molecular weight excluding hydrogens is 509 g/mol. The summed E-state index contributed by atoms with van der Waals surface area (Å²) in [6.07, 6.45) is 0. The topological polar surface area (TPSA) is 94.2 Å². The van der Waals surface area contributed by atoms with E-state index in [0.717, 1.165) is 11.8 Å². The number of carbonyl (C=O) groups excluding carboxylic acids is 2. The summed E-state index contributed by atoms with van der Waals surface area (Å²) in [6, 6.07) is 11.7. The van der Waals surface area contributed by atoms with Crippen molar-refractivity contribution < 1.29 is 23.7 Å². The van der Waals surface area contributed by atoms with Crippen LogP contribution < -0.4 is 9.64 Å². The minimum absolute atomic E-state index is 0.0195. The number of methoxy groups -OCH3 is 1. The third-order valence-electron chi connectivity index (χ3n) is 4.56. The van der Waals surface area contributed by atoms with Gasteiger partial charge in [-0.25, -0.2) is 4.79 Å². The van der Waals surface area contributed by atoms with E-state index in [0.29, 0.717) is 17.0 Å². The van der Waals surface area contributed by atoms with Gasteiger partial charge in [0.05, 0.1) is 22.8 Å². The first kappa shape index (κ1) is 23.2. The Morgan fingerprint density at radius 3 is 2.58 bits per heavy atom. The average Bonchev–Trinajstić information content (AvgIpc) is 3.30. The number of anilines is 1. The largest absolute Gasteiger partial charge is 0.495 e. The van der Waals surface area contributed by atoms with Crippen molar-refractivity contribution in [3.05, 3.63) is 63.8 Å². The third-order valence-corrected chi connectivity index (χ3v) is 6.42. The molecule has 1 aromatic heterocycles. The Balaban J connectivity index is 1.61. The summed E-state index contributed by atoms with van der Waals surface area (Å²) in [4.78, 5) is 32.1. The number of thioether (sulfide) groups is 1. The number of aryl methyl sites for hydroxylation is 1. The third kappa shape index (κ3) is 4.34. The number of thiocarbonyl (C=S) groups is 1. The molecule has 12 heteroatoms. The number of para-hydroxylation sites is 2. The Morgan fingerprint density at radius 2 is 1.88 bits per heavy atom. The second-order valence-corrected chi connectivity index (χ2v) is 8.95. The van der Waals surface area contributed by atoms with Crippen LogP contribution in [0.4, 0.5) is 5.69 Å². The molecule has 0 radical (unpaired) electrons. The number of oxime groups is 1. The Kier molecular flexibility index (Phi) is 6.71. The number of ether oxygens (including phenoxy) is 1. The zero-order valence-electron chi connectivity index (χ0n) is 17.0. The molecule has 0 atom stereocenters. The molecule has 0 spiro atoms. The summed E-state index contributed by atoms with van der Waals surface area (Å²) < 4.78 is 10.7. The highest BCUT2D eigenvalue weighted by atomic mass is 35.5. The number of amides is 1. The molecule has 1 aliphatic heterocycles. The van der Waals surface area contributed by atoms with E-state index in [4.69, 9.17) is 49.5 Å². The first-order chi connectivity index (χ1) is 15.8. The maximum atomic E-state index is 12.9. The molecule has 2 heterocycles. The van der Waals surface area contributed by atoms with E-state index in [2.05, 4.69) is 10.3 Å². The Hall–Kier alpha value is -2.92. The zero-order chi connectivity index (χ0) is 23.7. The van der Waals surface area contributed by atoms with Crippen molar-refractivity contribution >= 4 is 74.1 Å². The number of nitrogens with zero attached hydrogens (tertiary/aromatic N) is 3. The lowest BCUT2D eigenvalue weighted by molar-refractivity contribution is -0.111. The number of carbonyl (C=O) groups is 2. The lowest BCUT2D eigenvalue weighted by Gasteiger charge is -2.17. The number of hydrogen-bond acceptors (Lipinski definition) is 9. The minimum atomic E-state index is -0.901. The number of rotatable bonds is 5. The van der Waals surface area contributed by atoms with Crippen LogP contribution in [-0.4, -0.2) is 33.5 Å². The van der Waals surface area contributed by atoms with Crippen LogP contribution in [0.5, 0.6) is 5.75 Å². The molecular formula is C21H13Cl2N3O5S2. The fraction of sp³-hybridized carbons (Fsp3) is 0.0952. The number of halogens is 2. The van der Waals surface area contributed by atoms with Crippen molar-refractivity contribution in [1.82, 2.24) is 5.16 Å². The van der Waals surface area contributed by atoms with Crippen molar-refractivity contribution in [3.63, 3.8) is 0 Å². The Labute approximate surface area is 207 Å². The highest BCUT2D eigenvalue weighted by Gasteiger charge is 2.37. The molecule has 168 valence electrons. The van der Waals surface area contributed by atoms with Crippen molar-refractivity contribution in [1.29, 1.82) is 0 Å². The second-order valence-electron chi connectivity index (χ2n) is 6.51. The summed E-state index contributed by atoms with van der Waals surface area (Å²) in [6.45, 7) is 1.53. The zero-order valence-corrected chi connectivity index (χ0v) is 20.1. The summed E-state index contributed by atoms with van der Waals surface area (Å²) in [5.41, 5.74) is 0.843. The Morgan fingerprint density at radius 1 is 1.18 bits per heavy atom. The van der Waals surface area contributed by atoms with Gasteiger partial charge in [0, 0.05) is 5.56 Å². The van der Waals surface area contributed by atoms with Crippen LogP contribution >= 0.6 is 47.2 Å². The molecule has 0 unspecified atom stereocenters. The van der Waals surface area contributed by atoms with Gasteiger partial charge in [-0.1, -0.05) is 63.9 Å². The van der Waals surface area contributed by atoms with Crippen LogP contribution in [0.3, 0.4) is 0 Å². The van der Waals surface area contributed by atoms with Gasteiger partial charge in [-0.2, -0.15) is 0 Å². The first-order valence-corrected chi connectivity index (χ1v) is 11.2. The summed E-state index contributed by atoms with van der Waals surface area (Å²) in [7, 11) is 1.48. The molecule has 1 aliphatic rings. The molecule has 4 rings (SSSR count). The number of aromatic nitrogens is 1. The predicted molar refractivity (Wildman–Crippen MR) is 130 cm³/mol. The molecule has 8 nitrogen and oxygen atoms in total. The molecule has 0 bridgehead atoms. The van der Waals surface area contributed by atoms with E-state index in [1.54, 1.807) is 42.5 Å². The van der Waals surface area contributed by atoms with Gasteiger partial charge in [0.25, 0.3) is 5.91 Å². The molecule has 0 N–H and O–H groups in total. The maximum absolute atomic E-state index is 12.9. The Bertz CT molecular complexity index is 1300. The van der Waals surface area contributed by atoms with Crippen LogP contribution in [-0.2, 0) is 9.63 Å². The van der Waals surface area contributed by atoms with E-state index in [-0.39, 0.29) is 36.4 Å². The fourth-order valence-corrected chi connectivity index (χ4v) is 4.75. The maximum Gasteiger partial charge on any atom is 0.371 e. The van der Waals surface area contributed by atoms with E-state index < -0.39 is 11.9 Å². The SMILES string of the molecule is COc1ccccc1N1C(=O)/C(=N\OC(=O)c2c(-c3c(Cl)cccc3Cl)noc2C)SC1=S. The van der Waals surface area contributed by atoms with Gasteiger partial charge in [-0.05, 0) is 43.0 Å². The van der Waals surface area contributed by atoms with Gasteiger partial charge in [0.2, 0.25) is 5.04 Å². The molecule has 0 saturated carbocycles. The van der Waals surface area contributed by atoms with Gasteiger partial charge >= 0.3 is 5.97 Å². The average molecular weight is 522 g/mol. The van der Waals surface area contributed by atoms with Gasteiger partial charge in [0.15, 0.2) is 4.32 Å². The highest BCUT2D eigenvalue weighted by Crippen LogP contribution is 2.38. The summed E-state index contributed by atoms with van der Waals surface area (Å²) in [5, 5.41) is 8.06. The van der Waals surface area contributed by atoms with Crippen molar-refractivity contribution in [2.45, 2.75) is 6.92 Å². The standard InChI is InChI=1S/C21H13Cl2N3O5S2/c1-10-15(17(24-30-10)16-11(22)6-5-7-12(16)23)20(28)31-25-18-19(27)26(21(32)33-18)13-8-3-4-9-14(13)29-2/h3-9H,1-2H3/b25-18+. The highest BCUT2D eigenvalue weighted by molar-refractivity contribution is 8.35. The summed E-state index contributed by atoms with van der Waals surface area (Å²) in [5.74, 6) is -0.836. The van der Waals surface area contributed by atoms with Gasteiger partial charge in [-0.15, -0.1) is 0 Å². The smallest absolute Gasteiger partial charge is 0.371 e. The molecule has 1 saturated heterocycles. The van der Waals surface area contributed by atoms with Crippen LogP contribution in [0.15, 0.2) is 52.1 Å². The minimum Gasteiger partial charge on any atom is -0.495 e. The van der Waals surface area contributed by atoms with E-state index in [1.807, 2.05) is 0 Å². The van der Waals surface area contributed by atoms with Crippen LogP contribution in [0, 0.1) is 6.92 Å². The van der Waals surface area contributed by atoms with Gasteiger partial charge in [0.1, 0.15) is 22.8 Å². The lowest BCUT2D eigenvalue weighted by Crippen LogP contribution is -2.30. The number of hydrogen-bond donors (Lipinski definition) is 0. The van der Waals surface area contributed by atoms with Gasteiger partial charge in [-0.3, -0.25) is 9.69 Å². The molecule has 1 amide bonds. The van der Waals surface area contributed by atoms with Crippen molar-refractivity contribution in [2.75, 3.05) is 12.0 Å². The van der Waals surface area contributed by atoms with Crippen LogP contribution in [0.25, 0.3) is 11.3 Å². The van der Waals surface area contributed by atoms with Gasteiger partial charge < -0.3 is 14.1 Å². The summed E-state index contributed by atoms with van der Waals surface area (Å²) >= 11 is 18.7. The number of benzene rings is 2. The van der Waals surface area contributed by atoms with E-state index in [9.17, 15) is 9.59 Å². The van der Waals surface area contributed by atoms with E-state index >= 15 is 0 Å². The van der Waals surface area contributed by atoms with Crippen molar-refractivity contribution in [2.24, 2.45) is 5.16 Å². The fourth-order valence-electron chi connectivity index (χ4n) is 3.07. The second kappa shape index (κ2) is 9.52. The first-order valence-electron chi connectivity index (χ1n) is 9.22. The molecule has 2 aromatic carbocycles. The molecule has 1 fully saturated rings. The monoisotopic (exact) mass is 521 g/mol. The van der Waals surface area contributed by atoms with Crippen molar-refractivity contribution in [3.8, 4) is 17.0 Å². The quantitative estimate of drug-likeness (QED) is 0.246. The molecule has 3 aromatic rings. The van der Waals surface area contributed by atoms with E-state index in [1.165, 1.54) is 18.9 Å². The predicted octanol–water partition coefficient (Wildman–Crippen LogP) is 5.50.